The molecule has 0 aromatic heterocycles. The summed E-state index contributed by atoms with van der Waals surface area (Å²) in [5.41, 5.74) is 6.70. The first-order chi connectivity index (χ1) is 8.91. The maximum Gasteiger partial charge on any atom is 0.254 e. The van der Waals surface area contributed by atoms with Gasteiger partial charge in [0.2, 0.25) is 5.91 Å². The Hall–Kier alpha value is -1.55. The van der Waals surface area contributed by atoms with Gasteiger partial charge in [-0.3, -0.25) is 9.59 Å². The van der Waals surface area contributed by atoms with Crippen LogP contribution >= 0.6 is 11.6 Å². The van der Waals surface area contributed by atoms with Crippen LogP contribution < -0.4 is 5.73 Å². The number of amides is 2. The number of benzene rings is 1. The van der Waals surface area contributed by atoms with E-state index in [0.29, 0.717) is 23.7 Å². The topological polar surface area (TPSA) is 63.4 Å². The molecule has 0 radical (unpaired) electrons. The molecule has 1 aromatic carbocycles. The molecule has 2 N–H and O–H groups in total. The fraction of sp³-hybridized carbons (Fsp3) is 0.429. The van der Waals surface area contributed by atoms with E-state index in [9.17, 15) is 9.59 Å². The van der Waals surface area contributed by atoms with Crippen molar-refractivity contribution >= 4 is 23.4 Å². The Labute approximate surface area is 117 Å². The Bertz CT molecular complexity index is 530. The highest BCUT2D eigenvalue weighted by Gasteiger charge is 2.36. The van der Waals surface area contributed by atoms with Gasteiger partial charge >= 0.3 is 0 Å². The number of nitrogens with zero attached hydrogens (tertiary/aromatic N) is 1. The van der Waals surface area contributed by atoms with E-state index < -0.39 is 0 Å². The third-order valence-corrected chi connectivity index (χ3v) is 4.17. The van der Waals surface area contributed by atoms with Crippen LogP contribution in [-0.2, 0) is 4.79 Å². The maximum atomic E-state index is 12.4. The first-order valence-corrected chi connectivity index (χ1v) is 6.63. The lowest BCUT2D eigenvalue weighted by Crippen LogP contribution is -2.32. The van der Waals surface area contributed by atoms with Crippen LogP contribution in [0.2, 0.25) is 5.02 Å². The minimum Gasteiger partial charge on any atom is -0.369 e. The minimum atomic E-state index is -0.342. The second-order valence-corrected chi connectivity index (χ2v) is 5.52. The van der Waals surface area contributed by atoms with Gasteiger partial charge in [0, 0.05) is 23.7 Å². The lowest BCUT2D eigenvalue weighted by Gasteiger charge is -2.17. The van der Waals surface area contributed by atoms with Crippen LogP contribution in [0, 0.1) is 18.8 Å². The normalized spacial score (nSPS) is 22.6. The molecule has 1 saturated heterocycles. The number of hydrogen-bond acceptors (Lipinski definition) is 2. The Balaban J connectivity index is 2.22. The van der Waals surface area contributed by atoms with Crippen molar-refractivity contribution in [2.45, 2.75) is 13.8 Å². The van der Waals surface area contributed by atoms with E-state index in [0.717, 1.165) is 5.56 Å². The number of likely N-dealkylation sites (tertiary alicyclic amines) is 1. The summed E-state index contributed by atoms with van der Waals surface area (Å²) >= 11 is 6.03. The van der Waals surface area contributed by atoms with Gasteiger partial charge in [0.15, 0.2) is 0 Å². The van der Waals surface area contributed by atoms with Crippen LogP contribution in [-0.4, -0.2) is 29.8 Å². The van der Waals surface area contributed by atoms with Gasteiger partial charge in [0.25, 0.3) is 5.91 Å². The second-order valence-electron chi connectivity index (χ2n) is 5.11. The first-order valence-electron chi connectivity index (χ1n) is 6.25. The molecule has 19 heavy (non-hydrogen) atoms. The summed E-state index contributed by atoms with van der Waals surface area (Å²) < 4.78 is 0. The first kappa shape index (κ1) is 13.9. The van der Waals surface area contributed by atoms with E-state index in [1.807, 2.05) is 13.8 Å². The van der Waals surface area contributed by atoms with Gasteiger partial charge < -0.3 is 10.6 Å². The van der Waals surface area contributed by atoms with Gasteiger partial charge in [0.05, 0.1) is 5.92 Å². The van der Waals surface area contributed by atoms with Crippen molar-refractivity contribution in [1.29, 1.82) is 0 Å². The third-order valence-electron chi connectivity index (χ3n) is 3.76. The summed E-state index contributed by atoms with van der Waals surface area (Å²) in [6, 6.07) is 5.27. The van der Waals surface area contributed by atoms with E-state index >= 15 is 0 Å². The SMILES string of the molecule is Cc1c(Cl)cccc1C(=O)N1C[C@@H](C)[C@H](C(N)=O)C1. The molecule has 1 aliphatic rings. The Morgan fingerprint density at radius 2 is 2.05 bits per heavy atom. The highest BCUT2D eigenvalue weighted by molar-refractivity contribution is 6.31. The molecule has 2 amide bonds. The predicted octanol–water partition coefficient (Wildman–Crippen LogP) is 1.84. The van der Waals surface area contributed by atoms with Crippen LogP contribution in [0.1, 0.15) is 22.8 Å². The number of halogens is 1. The van der Waals surface area contributed by atoms with E-state index in [4.69, 9.17) is 17.3 Å². The number of hydrogen-bond donors (Lipinski definition) is 1. The van der Waals surface area contributed by atoms with Crippen molar-refractivity contribution in [3.05, 3.63) is 34.3 Å². The maximum absolute atomic E-state index is 12.4. The predicted molar refractivity (Wildman–Crippen MR) is 73.9 cm³/mol. The van der Waals surface area contributed by atoms with Crippen molar-refractivity contribution in [3.8, 4) is 0 Å². The van der Waals surface area contributed by atoms with E-state index in [2.05, 4.69) is 0 Å². The summed E-state index contributed by atoms with van der Waals surface area (Å²) in [5, 5.41) is 0.574. The van der Waals surface area contributed by atoms with E-state index in [1.54, 1.807) is 23.1 Å². The van der Waals surface area contributed by atoms with Crippen molar-refractivity contribution in [2.75, 3.05) is 13.1 Å². The molecule has 1 fully saturated rings. The zero-order chi connectivity index (χ0) is 14.2. The van der Waals surface area contributed by atoms with Gasteiger partial charge in [-0.15, -0.1) is 0 Å². The molecule has 0 unspecified atom stereocenters. The van der Waals surface area contributed by atoms with Crippen LogP contribution in [0.25, 0.3) is 0 Å². The fourth-order valence-corrected chi connectivity index (χ4v) is 2.69. The Morgan fingerprint density at radius 1 is 1.37 bits per heavy atom. The summed E-state index contributed by atoms with van der Waals surface area (Å²) in [6.07, 6.45) is 0. The molecule has 0 saturated carbocycles. The van der Waals surface area contributed by atoms with Gasteiger partial charge in [0.1, 0.15) is 0 Å². The lowest BCUT2D eigenvalue weighted by atomic mass is 9.98. The molecule has 0 aliphatic carbocycles. The van der Waals surface area contributed by atoms with Gasteiger partial charge in [-0.1, -0.05) is 24.6 Å². The molecule has 102 valence electrons. The molecule has 0 bridgehead atoms. The molecule has 0 spiro atoms. The number of primary amides is 1. The largest absolute Gasteiger partial charge is 0.369 e. The number of nitrogens with two attached hydrogens (primary N) is 1. The molecule has 4 nitrogen and oxygen atoms in total. The van der Waals surface area contributed by atoms with Crippen molar-refractivity contribution in [3.63, 3.8) is 0 Å². The highest BCUT2D eigenvalue weighted by Crippen LogP contribution is 2.26. The van der Waals surface area contributed by atoms with Crippen molar-refractivity contribution in [1.82, 2.24) is 4.90 Å². The Kier molecular flexibility index (Phi) is 3.80. The zero-order valence-corrected chi connectivity index (χ0v) is 11.8. The summed E-state index contributed by atoms with van der Waals surface area (Å²) in [5.74, 6) is -0.592. The molecule has 2 atom stereocenters. The van der Waals surface area contributed by atoms with Crippen LogP contribution in [0.4, 0.5) is 0 Å². The van der Waals surface area contributed by atoms with Crippen LogP contribution in [0.15, 0.2) is 18.2 Å². The smallest absolute Gasteiger partial charge is 0.254 e. The quantitative estimate of drug-likeness (QED) is 0.898. The molecule has 5 heteroatoms. The molecule has 1 aromatic rings. The average Bonchev–Trinajstić information content (AvgIpc) is 2.74. The van der Waals surface area contributed by atoms with Crippen molar-refractivity contribution < 1.29 is 9.59 Å². The van der Waals surface area contributed by atoms with Gasteiger partial charge in [-0.05, 0) is 30.5 Å². The summed E-state index contributed by atoms with van der Waals surface area (Å²) in [6.45, 7) is 4.70. The summed E-state index contributed by atoms with van der Waals surface area (Å²) in [7, 11) is 0. The molecular weight excluding hydrogens is 264 g/mol. The molecule has 2 rings (SSSR count). The summed E-state index contributed by atoms with van der Waals surface area (Å²) in [4.78, 5) is 25.4. The molecule has 1 heterocycles. The average molecular weight is 281 g/mol. The fourth-order valence-electron chi connectivity index (χ4n) is 2.51. The number of carbonyl (C=O) groups is 2. The van der Waals surface area contributed by atoms with Crippen LogP contribution in [0.5, 0.6) is 0 Å². The molecule has 1 aliphatic heterocycles. The van der Waals surface area contributed by atoms with Crippen LogP contribution in [0.3, 0.4) is 0 Å². The third kappa shape index (κ3) is 2.59. The molecular formula is C14H17ClN2O2. The minimum absolute atomic E-state index is 0.0874. The lowest BCUT2D eigenvalue weighted by molar-refractivity contribution is -0.122. The monoisotopic (exact) mass is 280 g/mol. The van der Waals surface area contributed by atoms with E-state index in [-0.39, 0.29) is 23.7 Å². The van der Waals surface area contributed by atoms with E-state index in [1.165, 1.54) is 0 Å². The Morgan fingerprint density at radius 3 is 2.63 bits per heavy atom. The highest BCUT2D eigenvalue weighted by atomic mass is 35.5. The van der Waals surface area contributed by atoms with Gasteiger partial charge in [-0.25, -0.2) is 0 Å². The standard InChI is InChI=1S/C14H17ClN2O2/c1-8-6-17(7-11(8)13(16)18)14(19)10-4-3-5-12(15)9(10)2/h3-5,8,11H,6-7H2,1-2H3,(H2,16,18)/t8-,11-/m1/s1. The van der Waals surface area contributed by atoms with Gasteiger partial charge in [-0.2, -0.15) is 0 Å². The number of rotatable bonds is 2. The van der Waals surface area contributed by atoms with Crippen molar-refractivity contribution in [2.24, 2.45) is 17.6 Å². The zero-order valence-electron chi connectivity index (χ0n) is 11.0. The number of carbonyl (C=O) groups excluding carboxylic acids is 2. The second kappa shape index (κ2) is 5.21.